The Morgan fingerprint density at radius 2 is 1.85 bits per heavy atom. The highest BCUT2D eigenvalue weighted by molar-refractivity contribution is 7.00. The number of benzene rings is 2. The Bertz CT molecular complexity index is 881. The number of hydrogen-bond acceptors (Lipinski definition) is 5. The molecule has 1 unspecified atom stereocenters. The first-order valence-electron chi connectivity index (χ1n) is 9.60. The average Bonchev–Trinajstić information content (AvgIpc) is 3.32. The third-order valence-corrected chi connectivity index (χ3v) is 6.47. The lowest BCUT2D eigenvalue weighted by molar-refractivity contribution is 0.140. The normalized spacial score (nSPS) is 21.3. The summed E-state index contributed by atoms with van der Waals surface area (Å²) in [6.07, 6.45) is 5.00. The largest absolute Gasteiger partial charge is 0.309 e. The van der Waals surface area contributed by atoms with Crippen molar-refractivity contribution in [1.29, 1.82) is 0 Å². The van der Waals surface area contributed by atoms with E-state index in [4.69, 9.17) is 0 Å². The van der Waals surface area contributed by atoms with Crippen molar-refractivity contribution in [3.8, 4) is 0 Å². The summed E-state index contributed by atoms with van der Waals surface area (Å²) in [6, 6.07) is 16.7. The third-order valence-electron chi connectivity index (χ3n) is 5.91. The van der Waals surface area contributed by atoms with E-state index in [1.54, 1.807) is 11.1 Å². The fraction of sp³-hybridized carbons (Fsp3) is 0.429. The highest BCUT2D eigenvalue weighted by Crippen LogP contribution is 2.27. The number of likely N-dealkylation sites (tertiary alicyclic amines) is 1. The minimum Gasteiger partial charge on any atom is -0.309 e. The first kappa shape index (κ1) is 16.4. The zero-order valence-corrected chi connectivity index (χ0v) is 15.7. The maximum Gasteiger partial charge on any atom is 0.105 e. The van der Waals surface area contributed by atoms with E-state index in [0.29, 0.717) is 12.1 Å². The van der Waals surface area contributed by atoms with Gasteiger partial charge in [0.25, 0.3) is 0 Å². The second-order valence-electron chi connectivity index (χ2n) is 7.63. The molecule has 1 atom stereocenters. The molecule has 1 aliphatic carbocycles. The highest BCUT2D eigenvalue weighted by atomic mass is 32.1. The molecule has 0 radical (unpaired) electrons. The van der Waals surface area contributed by atoms with Crippen LogP contribution in [0.5, 0.6) is 0 Å². The van der Waals surface area contributed by atoms with Crippen LogP contribution in [0, 0.1) is 0 Å². The van der Waals surface area contributed by atoms with Gasteiger partial charge in [0.1, 0.15) is 11.0 Å². The van der Waals surface area contributed by atoms with Crippen molar-refractivity contribution in [2.75, 3.05) is 13.1 Å². The summed E-state index contributed by atoms with van der Waals surface area (Å²) in [5.41, 5.74) is 6.43. The average molecular weight is 365 g/mol. The summed E-state index contributed by atoms with van der Waals surface area (Å²) in [4.78, 5) is 2.72. The monoisotopic (exact) mass is 364 g/mol. The predicted molar refractivity (Wildman–Crippen MR) is 106 cm³/mol. The number of nitrogens with zero attached hydrogens (tertiary/aromatic N) is 3. The molecular weight excluding hydrogens is 340 g/mol. The van der Waals surface area contributed by atoms with E-state index in [2.05, 4.69) is 61.4 Å². The van der Waals surface area contributed by atoms with E-state index in [0.717, 1.165) is 17.6 Å². The highest BCUT2D eigenvalue weighted by Gasteiger charge is 2.30. The van der Waals surface area contributed by atoms with Crippen LogP contribution in [0.1, 0.15) is 29.5 Å². The van der Waals surface area contributed by atoms with Gasteiger partial charge in [0.15, 0.2) is 0 Å². The first-order valence-corrected chi connectivity index (χ1v) is 10.3. The van der Waals surface area contributed by atoms with Gasteiger partial charge in [-0.1, -0.05) is 30.3 Å². The van der Waals surface area contributed by atoms with Crippen LogP contribution in [-0.2, 0) is 19.4 Å². The minimum atomic E-state index is 0.580. The van der Waals surface area contributed by atoms with Crippen molar-refractivity contribution in [3.63, 3.8) is 0 Å². The van der Waals surface area contributed by atoms with Gasteiger partial charge in [0.05, 0.1) is 11.7 Å². The quantitative estimate of drug-likeness (QED) is 0.770. The number of rotatable bonds is 4. The summed E-state index contributed by atoms with van der Waals surface area (Å²) >= 11 is 1.29. The van der Waals surface area contributed by atoms with Crippen LogP contribution >= 0.6 is 11.7 Å². The summed E-state index contributed by atoms with van der Waals surface area (Å²) in [5, 5.41) is 3.78. The van der Waals surface area contributed by atoms with Crippen molar-refractivity contribution in [2.24, 2.45) is 0 Å². The van der Waals surface area contributed by atoms with Crippen molar-refractivity contribution in [2.45, 2.75) is 44.3 Å². The van der Waals surface area contributed by atoms with E-state index in [9.17, 15) is 0 Å². The van der Waals surface area contributed by atoms with Gasteiger partial charge in [-0.25, -0.2) is 0 Å². The Hall–Kier alpha value is -1.82. The SMILES string of the molecule is c1ccc2c(c1)CC(N1CCCC(NCc3ccc4nsnc4c3)C1)C2. The van der Waals surface area contributed by atoms with Gasteiger partial charge in [0.2, 0.25) is 0 Å². The minimum absolute atomic E-state index is 0.580. The Morgan fingerprint density at radius 3 is 2.69 bits per heavy atom. The van der Waals surface area contributed by atoms with Crippen molar-refractivity contribution in [1.82, 2.24) is 19.0 Å². The van der Waals surface area contributed by atoms with Crippen LogP contribution in [0.4, 0.5) is 0 Å². The molecule has 1 saturated heterocycles. The molecule has 1 fully saturated rings. The Kier molecular flexibility index (Phi) is 4.44. The molecule has 5 heteroatoms. The molecule has 0 amide bonds. The van der Waals surface area contributed by atoms with Crippen molar-refractivity contribution >= 4 is 22.8 Å². The predicted octanol–water partition coefficient (Wildman–Crippen LogP) is 3.41. The molecule has 0 saturated carbocycles. The number of aromatic nitrogens is 2. The smallest absolute Gasteiger partial charge is 0.105 e. The van der Waals surface area contributed by atoms with Crippen LogP contribution in [0.3, 0.4) is 0 Å². The van der Waals surface area contributed by atoms with Gasteiger partial charge in [-0.05, 0) is 61.1 Å². The Balaban J connectivity index is 1.20. The van der Waals surface area contributed by atoms with E-state index < -0.39 is 0 Å². The first-order chi connectivity index (χ1) is 12.8. The van der Waals surface area contributed by atoms with Crippen LogP contribution in [0.25, 0.3) is 11.0 Å². The number of piperidine rings is 1. The van der Waals surface area contributed by atoms with Gasteiger partial charge in [-0.2, -0.15) is 8.75 Å². The number of fused-ring (bicyclic) bond motifs is 2. The van der Waals surface area contributed by atoms with Gasteiger partial charge < -0.3 is 5.32 Å². The second-order valence-corrected chi connectivity index (χ2v) is 8.16. The lowest BCUT2D eigenvalue weighted by Crippen LogP contribution is -2.49. The van der Waals surface area contributed by atoms with E-state index in [1.165, 1.54) is 56.1 Å². The second kappa shape index (κ2) is 7.06. The molecule has 1 N–H and O–H groups in total. The summed E-state index contributed by atoms with van der Waals surface area (Å²) in [6.45, 7) is 3.32. The van der Waals surface area contributed by atoms with Gasteiger partial charge >= 0.3 is 0 Å². The molecule has 2 aromatic carbocycles. The zero-order valence-electron chi connectivity index (χ0n) is 14.9. The zero-order chi connectivity index (χ0) is 17.3. The molecule has 1 aliphatic heterocycles. The summed E-state index contributed by atoms with van der Waals surface area (Å²) < 4.78 is 8.64. The molecule has 5 rings (SSSR count). The summed E-state index contributed by atoms with van der Waals surface area (Å²) in [7, 11) is 0. The topological polar surface area (TPSA) is 41.0 Å². The van der Waals surface area contributed by atoms with Crippen LogP contribution in [-0.4, -0.2) is 38.8 Å². The van der Waals surface area contributed by atoms with E-state index in [1.807, 2.05) is 0 Å². The third kappa shape index (κ3) is 3.27. The van der Waals surface area contributed by atoms with Gasteiger partial charge in [-0.15, -0.1) is 0 Å². The van der Waals surface area contributed by atoms with Crippen molar-refractivity contribution in [3.05, 3.63) is 59.2 Å². The van der Waals surface area contributed by atoms with Crippen LogP contribution < -0.4 is 5.32 Å². The fourth-order valence-corrected chi connectivity index (χ4v) is 5.02. The Labute approximate surface area is 158 Å². The van der Waals surface area contributed by atoms with Crippen LogP contribution in [0.2, 0.25) is 0 Å². The van der Waals surface area contributed by atoms with E-state index in [-0.39, 0.29) is 0 Å². The molecule has 4 nitrogen and oxygen atoms in total. The molecule has 134 valence electrons. The molecular formula is C21H24N4S. The molecule has 3 aromatic rings. The van der Waals surface area contributed by atoms with Gasteiger partial charge in [-0.3, -0.25) is 4.90 Å². The molecule has 1 aromatic heterocycles. The molecule has 0 spiro atoms. The standard InChI is InChI=1S/C21H24N4S/c1-2-5-17-12-19(11-16(17)4-1)25-9-3-6-18(14-25)22-13-15-7-8-20-21(10-15)24-26-23-20/h1-2,4-5,7-8,10,18-19,22H,3,6,9,11-14H2. The van der Waals surface area contributed by atoms with E-state index >= 15 is 0 Å². The molecule has 26 heavy (non-hydrogen) atoms. The summed E-state index contributed by atoms with van der Waals surface area (Å²) in [5.74, 6) is 0. The lowest BCUT2D eigenvalue weighted by Gasteiger charge is -2.37. The molecule has 0 bridgehead atoms. The van der Waals surface area contributed by atoms with Crippen molar-refractivity contribution < 1.29 is 0 Å². The van der Waals surface area contributed by atoms with Crippen LogP contribution in [0.15, 0.2) is 42.5 Å². The lowest BCUT2D eigenvalue weighted by atomic mass is 10.0. The fourth-order valence-electron chi connectivity index (χ4n) is 4.50. The molecule has 2 heterocycles. The number of hydrogen-bond donors (Lipinski definition) is 1. The Morgan fingerprint density at radius 1 is 1.04 bits per heavy atom. The number of nitrogens with one attached hydrogen (secondary N) is 1. The van der Waals surface area contributed by atoms with Gasteiger partial charge in [0, 0.05) is 25.2 Å². The molecule has 2 aliphatic rings. The maximum atomic E-state index is 4.35. The maximum absolute atomic E-state index is 4.35.